The molecule has 0 N–H and O–H groups in total. The lowest BCUT2D eigenvalue weighted by molar-refractivity contribution is -0.128. The molecule has 2 aromatic rings. The third kappa shape index (κ3) is 2.33. The Morgan fingerprint density at radius 3 is 2.46 bits per heavy atom. The molecule has 1 aromatic heterocycles. The first kappa shape index (κ1) is 18.1. The molecule has 1 saturated heterocycles. The number of furan rings is 1. The second kappa shape index (κ2) is 6.11. The van der Waals surface area contributed by atoms with Crippen molar-refractivity contribution in [1.29, 1.82) is 10.5 Å². The van der Waals surface area contributed by atoms with Crippen LogP contribution in [0.3, 0.4) is 0 Å². The molecule has 1 fully saturated rings. The lowest BCUT2D eigenvalue weighted by atomic mass is 9.69. The van der Waals surface area contributed by atoms with Gasteiger partial charge in [0.05, 0.1) is 30.4 Å². The second-order valence-electron chi connectivity index (χ2n) is 8.41. The molecule has 2 aliphatic heterocycles. The van der Waals surface area contributed by atoms with Gasteiger partial charge in [-0.3, -0.25) is 4.79 Å². The summed E-state index contributed by atoms with van der Waals surface area (Å²) in [5, 5.41) is 20.4. The Morgan fingerprint density at radius 2 is 1.86 bits per heavy atom. The zero-order chi connectivity index (χ0) is 20.1. The summed E-state index contributed by atoms with van der Waals surface area (Å²) in [6.45, 7) is 5.61. The molecular weight excluding hydrogens is 350 g/mol. The maximum absolute atomic E-state index is 13.6. The van der Waals surface area contributed by atoms with Crippen molar-refractivity contribution < 1.29 is 9.21 Å². The summed E-state index contributed by atoms with van der Waals surface area (Å²) in [5.41, 5.74) is -0.248. The van der Waals surface area contributed by atoms with Gasteiger partial charge in [0.1, 0.15) is 11.8 Å². The minimum absolute atomic E-state index is 0.0172. The number of Topliss-reactive ketones (excluding diaryl/α,β-unsaturated/α-hetero) is 1. The number of hydrogen-bond acceptors (Lipinski definition) is 5. The van der Waals surface area contributed by atoms with Gasteiger partial charge in [-0.1, -0.05) is 51.1 Å². The summed E-state index contributed by atoms with van der Waals surface area (Å²) in [6.07, 6.45) is 5.33. The van der Waals surface area contributed by atoms with E-state index in [0.717, 1.165) is 11.3 Å². The minimum Gasteiger partial charge on any atom is -0.469 e. The first-order chi connectivity index (χ1) is 13.3. The molecule has 0 radical (unpaired) electrons. The van der Waals surface area contributed by atoms with Crippen molar-refractivity contribution in [2.45, 2.75) is 38.8 Å². The summed E-state index contributed by atoms with van der Waals surface area (Å²) < 4.78 is 5.66. The van der Waals surface area contributed by atoms with E-state index in [1.807, 2.05) is 62.1 Å². The average Bonchev–Trinajstić information content (AvgIpc) is 3.30. The van der Waals surface area contributed by atoms with Gasteiger partial charge in [-0.25, -0.2) is 0 Å². The molecule has 1 aromatic carbocycles. The van der Waals surface area contributed by atoms with E-state index < -0.39 is 28.8 Å². The van der Waals surface area contributed by atoms with Crippen LogP contribution in [0.15, 0.2) is 53.2 Å². The summed E-state index contributed by atoms with van der Waals surface area (Å²) in [6, 6.07) is 14.6. The predicted molar refractivity (Wildman–Crippen MR) is 105 cm³/mol. The van der Waals surface area contributed by atoms with Gasteiger partial charge in [-0.05, 0) is 23.8 Å². The molecule has 0 saturated carbocycles. The Kier molecular flexibility index (Phi) is 3.94. The van der Waals surface area contributed by atoms with Crippen LogP contribution in [-0.4, -0.2) is 17.9 Å². The number of hydrogen-bond donors (Lipinski definition) is 0. The van der Waals surface area contributed by atoms with Crippen LogP contribution in [0.2, 0.25) is 0 Å². The molecule has 0 spiro atoms. The number of carbonyl (C=O) groups excluding carboxylic acids is 1. The van der Waals surface area contributed by atoms with Gasteiger partial charge in [0, 0.05) is 11.1 Å². The smallest absolute Gasteiger partial charge is 0.179 e. The van der Waals surface area contributed by atoms with Gasteiger partial charge in [-0.2, -0.15) is 10.5 Å². The van der Waals surface area contributed by atoms with Crippen molar-refractivity contribution in [1.82, 2.24) is 0 Å². The second-order valence-corrected chi connectivity index (χ2v) is 8.41. The molecule has 28 heavy (non-hydrogen) atoms. The van der Waals surface area contributed by atoms with Gasteiger partial charge in [0.15, 0.2) is 11.2 Å². The quantitative estimate of drug-likeness (QED) is 0.786. The van der Waals surface area contributed by atoms with Crippen molar-refractivity contribution in [3.05, 3.63) is 60.1 Å². The maximum atomic E-state index is 13.6. The number of nitriles is 2. The molecule has 3 heterocycles. The van der Waals surface area contributed by atoms with Crippen LogP contribution < -0.4 is 4.90 Å². The number of anilines is 1. The molecule has 5 nitrogen and oxygen atoms in total. The van der Waals surface area contributed by atoms with Crippen molar-refractivity contribution in [3.63, 3.8) is 0 Å². The Bertz CT molecular complexity index is 1020. The topological polar surface area (TPSA) is 81.0 Å². The number of fused-ring (bicyclic) bond motifs is 3. The molecule has 2 aliphatic rings. The molecule has 140 valence electrons. The number of ketones is 1. The van der Waals surface area contributed by atoms with Gasteiger partial charge in [-0.15, -0.1) is 0 Å². The van der Waals surface area contributed by atoms with Crippen molar-refractivity contribution in [2.75, 3.05) is 4.90 Å². The zero-order valence-corrected chi connectivity index (χ0v) is 16.1. The molecule has 0 unspecified atom stereocenters. The zero-order valence-electron chi connectivity index (χ0n) is 16.1. The highest BCUT2D eigenvalue weighted by atomic mass is 16.3. The Morgan fingerprint density at radius 1 is 1.14 bits per heavy atom. The van der Waals surface area contributed by atoms with E-state index in [1.165, 1.54) is 6.26 Å². The third-order valence-corrected chi connectivity index (χ3v) is 5.77. The van der Waals surface area contributed by atoms with E-state index in [0.29, 0.717) is 5.76 Å². The number of carbonyl (C=O) groups is 1. The van der Waals surface area contributed by atoms with Crippen molar-refractivity contribution in [3.8, 4) is 12.1 Å². The Balaban J connectivity index is 2.02. The van der Waals surface area contributed by atoms with E-state index in [9.17, 15) is 15.3 Å². The average molecular weight is 371 g/mol. The van der Waals surface area contributed by atoms with E-state index in [-0.39, 0.29) is 5.78 Å². The number of para-hydroxylation sites is 1. The maximum Gasteiger partial charge on any atom is 0.179 e. The Hall–Kier alpha value is -3.31. The first-order valence-electron chi connectivity index (χ1n) is 9.31. The molecular formula is C23H21N3O2. The standard InChI is InChI=1S/C23H21N3O2/c1-22(2,3)21(27)20-19(17-9-6-12-28-17)23(13-24,14-25)18-11-10-15-7-4-5-8-16(15)26(18)20/h4-12,18-20H,1-3H3/t18-,19+,20-/m0/s1. The van der Waals surface area contributed by atoms with Crippen LogP contribution >= 0.6 is 0 Å². The lowest BCUT2D eigenvalue weighted by Gasteiger charge is -2.37. The highest BCUT2D eigenvalue weighted by molar-refractivity contribution is 5.95. The van der Waals surface area contributed by atoms with Gasteiger partial charge < -0.3 is 9.32 Å². The summed E-state index contributed by atoms with van der Waals surface area (Å²) in [5.74, 6) is -0.215. The number of benzene rings is 1. The van der Waals surface area contributed by atoms with Crippen LogP contribution in [0.4, 0.5) is 5.69 Å². The Labute approximate surface area is 164 Å². The molecule has 3 atom stereocenters. The van der Waals surface area contributed by atoms with E-state index in [2.05, 4.69) is 12.1 Å². The molecule has 4 rings (SSSR count). The van der Waals surface area contributed by atoms with Crippen LogP contribution in [0.25, 0.3) is 6.08 Å². The summed E-state index contributed by atoms with van der Waals surface area (Å²) >= 11 is 0. The SMILES string of the molecule is CC(C)(C)C(=O)[C@@H]1[C@@H](c2ccco2)C(C#N)(C#N)[C@@H]2C=Cc3ccccc3N12. The fourth-order valence-corrected chi connectivity index (χ4v) is 4.45. The molecule has 5 heteroatoms. The molecule has 0 bridgehead atoms. The summed E-state index contributed by atoms with van der Waals surface area (Å²) in [4.78, 5) is 15.6. The fraction of sp³-hybridized carbons (Fsp3) is 0.348. The minimum atomic E-state index is -1.44. The van der Waals surface area contributed by atoms with Crippen molar-refractivity contribution in [2.24, 2.45) is 10.8 Å². The van der Waals surface area contributed by atoms with E-state index in [4.69, 9.17) is 4.42 Å². The fourth-order valence-electron chi connectivity index (χ4n) is 4.45. The van der Waals surface area contributed by atoms with Gasteiger partial charge >= 0.3 is 0 Å². The predicted octanol–water partition coefficient (Wildman–Crippen LogP) is 4.30. The van der Waals surface area contributed by atoms with Gasteiger partial charge in [0.25, 0.3) is 0 Å². The third-order valence-electron chi connectivity index (χ3n) is 5.77. The summed E-state index contributed by atoms with van der Waals surface area (Å²) in [7, 11) is 0. The van der Waals surface area contributed by atoms with Crippen molar-refractivity contribution >= 4 is 17.5 Å². The highest BCUT2D eigenvalue weighted by Gasteiger charge is 2.65. The first-order valence-corrected chi connectivity index (χ1v) is 9.31. The number of nitrogens with zero attached hydrogens (tertiary/aromatic N) is 3. The monoisotopic (exact) mass is 371 g/mol. The van der Waals surface area contributed by atoms with Crippen LogP contribution in [0.1, 0.15) is 38.0 Å². The van der Waals surface area contributed by atoms with E-state index in [1.54, 1.807) is 12.1 Å². The van der Waals surface area contributed by atoms with E-state index >= 15 is 0 Å². The number of rotatable bonds is 2. The van der Waals surface area contributed by atoms with Crippen LogP contribution in [-0.2, 0) is 4.79 Å². The molecule has 0 aliphatic carbocycles. The lowest BCUT2D eigenvalue weighted by Crippen LogP contribution is -2.47. The van der Waals surface area contributed by atoms with Crippen LogP contribution in [0, 0.1) is 33.5 Å². The molecule has 0 amide bonds. The normalized spacial score (nSPS) is 24.8. The van der Waals surface area contributed by atoms with Gasteiger partial charge in [0.2, 0.25) is 0 Å². The van der Waals surface area contributed by atoms with Crippen LogP contribution in [0.5, 0.6) is 0 Å². The highest BCUT2D eigenvalue weighted by Crippen LogP contribution is 2.56. The largest absolute Gasteiger partial charge is 0.469 e.